The van der Waals surface area contributed by atoms with Crippen LogP contribution in [0, 0.1) is 0 Å². The zero-order valence-electron chi connectivity index (χ0n) is 13.4. The summed E-state index contributed by atoms with van der Waals surface area (Å²) >= 11 is 0. The molecule has 0 saturated carbocycles. The highest BCUT2D eigenvalue weighted by atomic mass is 19.4. The molecule has 2 fully saturated rings. The van der Waals surface area contributed by atoms with Crippen LogP contribution in [0.4, 0.5) is 23.7 Å². The van der Waals surface area contributed by atoms with Crippen LogP contribution >= 0.6 is 0 Å². The predicted octanol–water partition coefficient (Wildman–Crippen LogP) is 2.71. The Morgan fingerprint density at radius 1 is 1.12 bits per heavy atom. The summed E-state index contributed by atoms with van der Waals surface area (Å²) in [5.74, 6) is 0. The summed E-state index contributed by atoms with van der Waals surface area (Å²) in [6.07, 6.45) is -5.84. The number of rotatable bonds is 2. The van der Waals surface area contributed by atoms with Crippen molar-refractivity contribution in [2.24, 2.45) is 0 Å². The summed E-state index contributed by atoms with van der Waals surface area (Å²) in [5.41, 5.74) is -0.279. The number of para-hydroxylation sites is 1. The molecule has 0 unspecified atom stereocenters. The fourth-order valence-electron chi connectivity index (χ4n) is 2.26. The average Bonchev–Trinajstić information content (AvgIpc) is 3.21. The molecule has 1 aromatic carbocycles. The van der Waals surface area contributed by atoms with Crippen LogP contribution in [0.25, 0.3) is 0 Å². The van der Waals surface area contributed by atoms with Crippen LogP contribution in [0.5, 0.6) is 0 Å². The monoisotopic (exact) mass is 363 g/mol. The predicted molar refractivity (Wildman–Crippen MR) is 82.1 cm³/mol. The van der Waals surface area contributed by atoms with Crippen LogP contribution in [0.3, 0.4) is 0 Å². The number of carbonyl (C=O) groups excluding carboxylic acids is 1. The summed E-state index contributed by atoms with van der Waals surface area (Å²) in [4.78, 5) is 11.4. The third-order valence-corrected chi connectivity index (χ3v) is 3.51. The Bertz CT molecular complexity index is 528. The fourth-order valence-corrected chi connectivity index (χ4v) is 2.26. The van der Waals surface area contributed by atoms with Gasteiger partial charge in [-0.15, -0.1) is 13.2 Å². The van der Waals surface area contributed by atoms with Crippen molar-refractivity contribution in [3.63, 3.8) is 0 Å². The highest BCUT2D eigenvalue weighted by molar-refractivity contribution is 5.88. The second-order valence-corrected chi connectivity index (χ2v) is 5.53. The van der Waals surface area contributed by atoms with Gasteiger partial charge in [-0.3, -0.25) is 0 Å². The molecule has 0 bridgehead atoms. The van der Waals surface area contributed by atoms with E-state index in [4.69, 9.17) is 19.3 Å². The van der Waals surface area contributed by atoms with Gasteiger partial charge in [0.15, 0.2) is 0 Å². The van der Waals surface area contributed by atoms with E-state index < -0.39 is 18.5 Å². The minimum Gasteiger partial charge on any atom is -0.443 e. The van der Waals surface area contributed by atoms with Crippen molar-refractivity contribution in [1.29, 1.82) is 0 Å². The fraction of sp³-hybridized carbons (Fsp3) is 0.562. The maximum absolute atomic E-state index is 12.9. The number of hydrogen-bond donors (Lipinski definition) is 1. The largest absolute Gasteiger partial charge is 0.494 e. The Labute approximate surface area is 143 Å². The molecule has 6 nitrogen and oxygen atoms in total. The SMILES string of the molecule is O=C(O[C@H]1CCOC1)N(c1ccccc1)C(F)(F)F.O[C@H]1CCOC1. The smallest absolute Gasteiger partial charge is 0.443 e. The second kappa shape index (κ2) is 9.02. The maximum atomic E-state index is 12.9. The zero-order chi connectivity index (χ0) is 18.3. The summed E-state index contributed by atoms with van der Waals surface area (Å²) in [6, 6.07) is 6.79. The first-order valence-corrected chi connectivity index (χ1v) is 7.84. The van der Waals surface area contributed by atoms with Crippen molar-refractivity contribution >= 4 is 11.8 Å². The normalized spacial score (nSPS) is 22.9. The highest BCUT2D eigenvalue weighted by Crippen LogP contribution is 2.29. The van der Waals surface area contributed by atoms with Crippen molar-refractivity contribution in [3.8, 4) is 0 Å². The third kappa shape index (κ3) is 6.18. The minimum atomic E-state index is -4.84. The van der Waals surface area contributed by atoms with Gasteiger partial charge in [0.1, 0.15) is 6.10 Å². The molecule has 2 aliphatic heterocycles. The topological polar surface area (TPSA) is 68.2 Å². The van der Waals surface area contributed by atoms with Crippen molar-refractivity contribution < 1.29 is 37.3 Å². The van der Waals surface area contributed by atoms with Gasteiger partial charge in [0.05, 0.1) is 31.6 Å². The highest BCUT2D eigenvalue weighted by Gasteiger charge is 2.44. The first-order chi connectivity index (χ1) is 11.9. The Balaban J connectivity index is 0.000000316. The van der Waals surface area contributed by atoms with Gasteiger partial charge in [-0.25, -0.2) is 4.79 Å². The Morgan fingerprint density at radius 2 is 1.76 bits per heavy atom. The number of aliphatic hydroxyl groups is 1. The number of aliphatic hydroxyl groups excluding tert-OH is 1. The number of alkyl halides is 3. The van der Waals surface area contributed by atoms with Gasteiger partial charge in [-0.1, -0.05) is 18.2 Å². The van der Waals surface area contributed by atoms with E-state index in [1.54, 1.807) is 6.07 Å². The van der Waals surface area contributed by atoms with Gasteiger partial charge in [0.25, 0.3) is 0 Å². The molecule has 1 aromatic rings. The van der Waals surface area contributed by atoms with Gasteiger partial charge in [0, 0.05) is 13.0 Å². The van der Waals surface area contributed by atoms with E-state index in [1.807, 2.05) is 0 Å². The van der Waals surface area contributed by atoms with E-state index >= 15 is 0 Å². The lowest BCUT2D eigenvalue weighted by Gasteiger charge is -2.25. The molecular weight excluding hydrogens is 343 g/mol. The van der Waals surface area contributed by atoms with E-state index in [0.29, 0.717) is 19.6 Å². The Kier molecular flexibility index (Phi) is 7.03. The van der Waals surface area contributed by atoms with Gasteiger partial charge < -0.3 is 19.3 Å². The molecule has 2 atom stereocenters. The quantitative estimate of drug-likeness (QED) is 0.819. The number of ether oxygens (including phenoxy) is 3. The van der Waals surface area contributed by atoms with Gasteiger partial charge in [0.2, 0.25) is 0 Å². The van der Waals surface area contributed by atoms with Crippen LogP contribution in [-0.2, 0) is 14.2 Å². The molecule has 25 heavy (non-hydrogen) atoms. The molecule has 1 amide bonds. The molecule has 2 aliphatic rings. The van der Waals surface area contributed by atoms with Crippen LogP contribution < -0.4 is 4.90 Å². The number of benzene rings is 1. The molecule has 0 radical (unpaired) electrons. The van der Waals surface area contributed by atoms with Gasteiger partial charge in [-0.05, 0) is 18.6 Å². The van der Waals surface area contributed by atoms with E-state index in [0.717, 1.165) is 13.0 Å². The first-order valence-electron chi connectivity index (χ1n) is 7.84. The average molecular weight is 363 g/mol. The van der Waals surface area contributed by atoms with E-state index in [-0.39, 0.29) is 23.3 Å². The number of nitrogens with zero attached hydrogens (tertiary/aromatic N) is 1. The minimum absolute atomic E-state index is 0.131. The Hall–Kier alpha value is -1.84. The van der Waals surface area contributed by atoms with Crippen molar-refractivity contribution in [2.45, 2.75) is 31.3 Å². The van der Waals surface area contributed by atoms with E-state index in [9.17, 15) is 18.0 Å². The molecule has 2 saturated heterocycles. The van der Waals surface area contributed by atoms with Gasteiger partial charge >= 0.3 is 12.4 Å². The molecule has 0 aromatic heterocycles. The number of halogens is 3. The summed E-state index contributed by atoms with van der Waals surface area (Å²) in [7, 11) is 0. The summed E-state index contributed by atoms with van der Waals surface area (Å²) < 4.78 is 53.3. The van der Waals surface area contributed by atoms with Crippen molar-refractivity contribution in [2.75, 3.05) is 31.3 Å². The first kappa shape index (κ1) is 19.5. The lowest BCUT2D eigenvalue weighted by atomic mass is 10.3. The van der Waals surface area contributed by atoms with E-state index in [2.05, 4.69) is 0 Å². The van der Waals surface area contributed by atoms with Crippen LogP contribution in [0.15, 0.2) is 30.3 Å². The zero-order valence-corrected chi connectivity index (χ0v) is 13.4. The lowest BCUT2D eigenvalue weighted by molar-refractivity contribution is -0.126. The van der Waals surface area contributed by atoms with Crippen LogP contribution in [0.2, 0.25) is 0 Å². The summed E-state index contributed by atoms with van der Waals surface area (Å²) in [5, 5.41) is 8.60. The molecule has 140 valence electrons. The standard InChI is InChI=1S/C12H12F3NO3.C4H8O2/c13-12(14,15)16(9-4-2-1-3-5-9)11(17)19-10-6-7-18-8-10;5-4-1-2-6-3-4/h1-5,10H,6-8H2;4-5H,1-3H2/t10-;4-/m00/s1. The van der Waals surface area contributed by atoms with Gasteiger partial charge in [-0.2, -0.15) is 4.90 Å². The van der Waals surface area contributed by atoms with Crippen molar-refractivity contribution in [3.05, 3.63) is 30.3 Å². The van der Waals surface area contributed by atoms with Crippen LogP contribution in [0.1, 0.15) is 12.8 Å². The second-order valence-electron chi connectivity index (χ2n) is 5.53. The number of carbonyl (C=O) groups is 1. The summed E-state index contributed by atoms with van der Waals surface area (Å²) in [6.45, 7) is 1.79. The third-order valence-electron chi connectivity index (χ3n) is 3.51. The lowest BCUT2D eigenvalue weighted by Crippen LogP contribution is -2.44. The number of hydrogen-bond acceptors (Lipinski definition) is 5. The number of anilines is 1. The van der Waals surface area contributed by atoms with E-state index in [1.165, 1.54) is 24.3 Å². The number of amides is 1. The molecule has 2 heterocycles. The molecular formula is C16H20F3NO5. The van der Waals surface area contributed by atoms with Crippen LogP contribution in [-0.4, -0.2) is 56.1 Å². The molecule has 0 spiro atoms. The molecule has 3 rings (SSSR count). The molecule has 9 heteroatoms. The molecule has 1 N–H and O–H groups in total. The maximum Gasteiger partial charge on any atom is 0.494 e. The Morgan fingerprint density at radius 3 is 2.20 bits per heavy atom. The molecule has 0 aliphatic carbocycles. The van der Waals surface area contributed by atoms with Crippen molar-refractivity contribution in [1.82, 2.24) is 0 Å².